The Kier molecular flexibility index (Phi) is 4.25. The van der Waals surface area contributed by atoms with Crippen LogP contribution in [0, 0.1) is 13.8 Å². The molecule has 0 unspecified atom stereocenters. The molecule has 0 radical (unpaired) electrons. The summed E-state index contributed by atoms with van der Waals surface area (Å²) < 4.78 is 29.3. The summed E-state index contributed by atoms with van der Waals surface area (Å²) >= 11 is 6.03. The normalized spacial score (nSPS) is 11.5. The van der Waals surface area contributed by atoms with Crippen molar-refractivity contribution in [1.29, 1.82) is 0 Å². The highest BCUT2D eigenvalue weighted by Crippen LogP contribution is 2.25. The van der Waals surface area contributed by atoms with Crippen LogP contribution in [0.4, 0.5) is 5.82 Å². The molecule has 3 rings (SSSR count). The van der Waals surface area contributed by atoms with Crippen LogP contribution in [0.2, 0.25) is 5.02 Å². The van der Waals surface area contributed by atoms with Crippen molar-refractivity contribution in [3.63, 3.8) is 0 Å². The highest BCUT2D eigenvalue weighted by atomic mass is 35.5. The molecule has 1 aromatic carbocycles. The molecule has 0 saturated carbocycles. The van der Waals surface area contributed by atoms with Crippen LogP contribution in [0.5, 0.6) is 0 Å². The number of benzene rings is 1. The lowest BCUT2D eigenvalue weighted by molar-refractivity contribution is 0.600. The van der Waals surface area contributed by atoms with Crippen LogP contribution >= 0.6 is 11.6 Å². The van der Waals surface area contributed by atoms with Gasteiger partial charge in [-0.2, -0.15) is 5.10 Å². The second kappa shape index (κ2) is 6.21. The molecular formula is C15H14ClN5O2S. The number of rotatable bonds is 4. The molecule has 2 heterocycles. The average Bonchev–Trinajstić information content (AvgIpc) is 3.05. The topological polar surface area (TPSA) is 89.8 Å². The van der Waals surface area contributed by atoms with E-state index in [0.717, 1.165) is 0 Å². The molecule has 0 amide bonds. The van der Waals surface area contributed by atoms with Crippen LogP contribution in [0.3, 0.4) is 0 Å². The van der Waals surface area contributed by atoms with Gasteiger partial charge in [0, 0.05) is 23.5 Å². The van der Waals surface area contributed by atoms with E-state index in [1.54, 1.807) is 38.4 Å². The summed E-state index contributed by atoms with van der Waals surface area (Å²) in [5.74, 6) is 0.610. The first-order valence-corrected chi connectivity index (χ1v) is 8.84. The Bertz CT molecular complexity index is 987. The van der Waals surface area contributed by atoms with Gasteiger partial charge in [-0.25, -0.2) is 23.1 Å². The van der Waals surface area contributed by atoms with E-state index in [0.29, 0.717) is 22.0 Å². The number of sulfonamides is 1. The van der Waals surface area contributed by atoms with Gasteiger partial charge in [-0.05, 0) is 43.2 Å². The molecule has 124 valence electrons. The average molecular weight is 364 g/mol. The Hall–Kier alpha value is -2.45. The van der Waals surface area contributed by atoms with Gasteiger partial charge in [-0.3, -0.25) is 4.72 Å². The summed E-state index contributed by atoms with van der Waals surface area (Å²) in [5.41, 5.74) is 1.24. The summed E-state index contributed by atoms with van der Waals surface area (Å²) in [7, 11) is -3.80. The largest absolute Gasteiger partial charge is 0.263 e. The molecule has 0 aliphatic carbocycles. The summed E-state index contributed by atoms with van der Waals surface area (Å²) in [6.07, 6.45) is 4.58. The molecule has 3 aromatic rings. The van der Waals surface area contributed by atoms with E-state index >= 15 is 0 Å². The van der Waals surface area contributed by atoms with Crippen molar-refractivity contribution in [2.45, 2.75) is 18.7 Å². The molecule has 9 heteroatoms. The number of hydrogen-bond acceptors (Lipinski definition) is 5. The Morgan fingerprint density at radius 2 is 1.92 bits per heavy atom. The van der Waals surface area contributed by atoms with Crippen LogP contribution in [0.1, 0.15) is 11.1 Å². The van der Waals surface area contributed by atoms with E-state index in [-0.39, 0.29) is 10.7 Å². The zero-order valence-electron chi connectivity index (χ0n) is 12.9. The molecule has 0 bridgehead atoms. The van der Waals surface area contributed by atoms with E-state index < -0.39 is 10.0 Å². The van der Waals surface area contributed by atoms with Crippen molar-refractivity contribution in [1.82, 2.24) is 19.7 Å². The van der Waals surface area contributed by atoms with Gasteiger partial charge in [0.1, 0.15) is 12.1 Å². The number of halogens is 1. The number of aromatic nitrogens is 4. The standard InChI is InChI=1S/C15H14ClN5O2S/c1-10-7-13(11(2)6-12(10)16)24(22,23)20-14-8-15(18-9-17-14)21-5-3-4-19-21/h3-9H,1-2H3,(H,17,18,20). The Morgan fingerprint density at radius 1 is 1.12 bits per heavy atom. The van der Waals surface area contributed by atoms with Gasteiger partial charge < -0.3 is 0 Å². The summed E-state index contributed by atoms with van der Waals surface area (Å²) in [4.78, 5) is 8.18. The molecule has 0 atom stereocenters. The molecule has 0 aliphatic heterocycles. The minimum Gasteiger partial charge on any atom is -0.263 e. The maximum Gasteiger partial charge on any atom is 0.263 e. The summed E-state index contributed by atoms with van der Waals surface area (Å²) in [6.45, 7) is 3.44. The number of nitrogens with zero attached hydrogens (tertiary/aromatic N) is 4. The highest BCUT2D eigenvalue weighted by Gasteiger charge is 2.19. The monoisotopic (exact) mass is 363 g/mol. The van der Waals surface area contributed by atoms with Crippen LogP contribution in [-0.4, -0.2) is 28.2 Å². The lowest BCUT2D eigenvalue weighted by atomic mass is 10.2. The van der Waals surface area contributed by atoms with Gasteiger partial charge in [0.25, 0.3) is 10.0 Å². The fraction of sp³-hybridized carbons (Fsp3) is 0.133. The van der Waals surface area contributed by atoms with Crippen LogP contribution in [0.15, 0.2) is 47.9 Å². The summed E-state index contributed by atoms with van der Waals surface area (Å²) in [6, 6.07) is 6.41. The van der Waals surface area contributed by atoms with Crippen molar-refractivity contribution in [2.24, 2.45) is 0 Å². The summed E-state index contributed by atoms with van der Waals surface area (Å²) in [5, 5.41) is 4.57. The minimum absolute atomic E-state index is 0.155. The molecule has 0 saturated heterocycles. The highest BCUT2D eigenvalue weighted by molar-refractivity contribution is 7.92. The molecule has 2 aromatic heterocycles. The van der Waals surface area contributed by atoms with Crippen LogP contribution in [-0.2, 0) is 10.0 Å². The first kappa shape index (κ1) is 16.4. The predicted molar refractivity (Wildman–Crippen MR) is 90.9 cm³/mol. The van der Waals surface area contributed by atoms with E-state index in [1.807, 2.05) is 0 Å². The molecule has 0 spiro atoms. The van der Waals surface area contributed by atoms with Gasteiger partial charge in [-0.15, -0.1) is 0 Å². The fourth-order valence-electron chi connectivity index (χ4n) is 2.17. The van der Waals surface area contributed by atoms with Gasteiger partial charge in [0.05, 0.1) is 4.90 Å². The molecule has 0 fully saturated rings. The second-order valence-corrected chi connectivity index (χ2v) is 7.24. The van der Waals surface area contributed by atoms with Gasteiger partial charge in [0.2, 0.25) is 0 Å². The lowest BCUT2D eigenvalue weighted by Crippen LogP contribution is -2.16. The predicted octanol–water partition coefficient (Wildman–Crippen LogP) is 2.73. The van der Waals surface area contributed by atoms with Crippen LogP contribution in [0.25, 0.3) is 5.82 Å². The quantitative estimate of drug-likeness (QED) is 0.769. The van der Waals surface area contributed by atoms with E-state index in [1.165, 1.54) is 23.1 Å². The number of nitrogens with one attached hydrogen (secondary N) is 1. The Balaban J connectivity index is 1.96. The molecule has 7 nitrogen and oxygen atoms in total. The number of aryl methyl sites for hydroxylation is 2. The van der Waals surface area contributed by atoms with Crippen molar-refractivity contribution >= 4 is 27.4 Å². The van der Waals surface area contributed by atoms with Gasteiger partial charge in [-0.1, -0.05) is 11.6 Å². The van der Waals surface area contributed by atoms with Gasteiger partial charge in [0.15, 0.2) is 5.82 Å². The van der Waals surface area contributed by atoms with Crippen LogP contribution < -0.4 is 4.72 Å². The first-order valence-electron chi connectivity index (χ1n) is 6.98. The maximum atomic E-state index is 12.6. The van der Waals surface area contributed by atoms with Crippen molar-refractivity contribution in [3.05, 3.63) is 59.1 Å². The smallest absolute Gasteiger partial charge is 0.263 e. The lowest BCUT2D eigenvalue weighted by Gasteiger charge is -2.12. The molecular weight excluding hydrogens is 350 g/mol. The second-order valence-electron chi connectivity index (χ2n) is 5.18. The third-order valence-electron chi connectivity index (χ3n) is 3.38. The van der Waals surface area contributed by atoms with E-state index in [2.05, 4.69) is 19.8 Å². The number of hydrogen-bond donors (Lipinski definition) is 1. The Labute approximate surface area is 144 Å². The van der Waals surface area contributed by atoms with Gasteiger partial charge >= 0.3 is 0 Å². The third-order valence-corrected chi connectivity index (χ3v) is 5.28. The first-order chi connectivity index (χ1) is 11.4. The third kappa shape index (κ3) is 3.24. The SMILES string of the molecule is Cc1cc(S(=O)(=O)Nc2cc(-n3cccn3)ncn2)c(C)cc1Cl. The molecule has 1 N–H and O–H groups in total. The van der Waals surface area contributed by atoms with E-state index in [9.17, 15) is 8.42 Å². The Morgan fingerprint density at radius 3 is 2.62 bits per heavy atom. The van der Waals surface area contributed by atoms with Crippen molar-refractivity contribution in [3.8, 4) is 5.82 Å². The van der Waals surface area contributed by atoms with Crippen molar-refractivity contribution < 1.29 is 8.42 Å². The van der Waals surface area contributed by atoms with Crippen molar-refractivity contribution in [2.75, 3.05) is 4.72 Å². The zero-order valence-corrected chi connectivity index (χ0v) is 14.5. The minimum atomic E-state index is -3.80. The fourth-order valence-corrected chi connectivity index (χ4v) is 3.70. The number of anilines is 1. The zero-order chi connectivity index (χ0) is 17.3. The van der Waals surface area contributed by atoms with E-state index in [4.69, 9.17) is 11.6 Å². The molecule has 0 aliphatic rings. The molecule has 24 heavy (non-hydrogen) atoms. The maximum absolute atomic E-state index is 12.6.